The van der Waals surface area contributed by atoms with Gasteiger partial charge >= 0.3 is 0 Å². The SMILES string of the molecule is CCc1c(F)cc(F)cc1OCCOC. The Labute approximate surface area is 87.8 Å². The summed E-state index contributed by atoms with van der Waals surface area (Å²) in [6.07, 6.45) is 0.467. The van der Waals surface area contributed by atoms with Gasteiger partial charge in [-0.3, -0.25) is 0 Å². The lowest BCUT2D eigenvalue weighted by Crippen LogP contribution is -2.07. The molecule has 0 spiro atoms. The van der Waals surface area contributed by atoms with Crippen LogP contribution in [0.25, 0.3) is 0 Å². The van der Waals surface area contributed by atoms with E-state index >= 15 is 0 Å². The fourth-order valence-electron chi connectivity index (χ4n) is 1.29. The lowest BCUT2D eigenvalue weighted by molar-refractivity contribution is 0.145. The first-order valence-electron chi connectivity index (χ1n) is 4.78. The highest BCUT2D eigenvalue weighted by Crippen LogP contribution is 2.23. The van der Waals surface area contributed by atoms with Crippen LogP contribution in [0.1, 0.15) is 12.5 Å². The molecule has 0 radical (unpaired) electrons. The van der Waals surface area contributed by atoms with E-state index < -0.39 is 11.6 Å². The molecule has 84 valence electrons. The van der Waals surface area contributed by atoms with Crippen LogP contribution in [0.3, 0.4) is 0 Å². The summed E-state index contributed by atoms with van der Waals surface area (Å²) in [4.78, 5) is 0. The average molecular weight is 216 g/mol. The molecule has 0 aliphatic carbocycles. The molecule has 1 rings (SSSR count). The first-order chi connectivity index (χ1) is 7.19. The van der Waals surface area contributed by atoms with Gasteiger partial charge in [0, 0.05) is 24.8 Å². The largest absolute Gasteiger partial charge is 0.491 e. The van der Waals surface area contributed by atoms with Crippen molar-refractivity contribution in [2.75, 3.05) is 20.3 Å². The van der Waals surface area contributed by atoms with Crippen LogP contribution in [-0.4, -0.2) is 20.3 Å². The molecule has 1 aromatic rings. The summed E-state index contributed by atoms with van der Waals surface area (Å²) >= 11 is 0. The molecule has 0 aliphatic heterocycles. The van der Waals surface area contributed by atoms with Gasteiger partial charge in [0.15, 0.2) is 0 Å². The lowest BCUT2D eigenvalue weighted by atomic mass is 10.1. The molecule has 0 unspecified atom stereocenters. The van der Waals surface area contributed by atoms with Crippen LogP contribution in [0.2, 0.25) is 0 Å². The van der Waals surface area contributed by atoms with Gasteiger partial charge in [0.2, 0.25) is 0 Å². The predicted molar refractivity (Wildman–Crippen MR) is 53.1 cm³/mol. The molecule has 0 saturated carbocycles. The van der Waals surface area contributed by atoms with Crippen molar-refractivity contribution in [1.82, 2.24) is 0 Å². The van der Waals surface area contributed by atoms with Gasteiger partial charge in [-0.15, -0.1) is 0 Å². The summed E-state index contributed by atoms with van der Waals surface area (Å²) in [6.45, 7) is 2.47. The van der Waals surface area contributed by atoms with Crippen LogP contribution in [0.5, 0.6) is 5.75 Å². The highest BCUT2D eigenvalue weighted by Gasteiger charge is 2.10. The molecule has 1 aromatic carbocycles. The van der Waals surface area contributed by atoms with Crippen LogP contribution >= 0.6 is 0 Å². The van der Waals surface area contributed by atoms with Crippen molar-refractivity contribution < 1.29 is 18.3 Å². The zero-order valence-corrected chi connectivity index (χ0v) is 8.85. The van der Waals surface area contributed by atoms with E-state index in [0.29, 0.717) is 18.6 Å². The molecule has 4 heteroatoms. The molecular weight excluding hydrogens is 202 g/mol. The van der Waals surface area contributed by atoms with E-state index in [1.807, 2.05) is 0 Å². The van der Waals surface area contributed by atoms with Gasteiger partial charge in [-0.25, -0.2) is 8.78 Å². The van der Waals surface area contributed by atoms with Crippen molar-refractivity contribution in [2.45, 2.75) is 13.3 Å². The minimum absolute atomic E-state index is 0.257. The average Bonchev–Trinajstić information content (AvgIpc) is 2.17. The second-order valence-corrected chi connectivity index (χ2v) is 3.06. The summed E-state index contributed by atoms with van der Waals surface area (Å²) in [5.41, 5.74) is 0.396. The zero-order valence-electron chi connectivity index (χ0n) is 8.85. The first-order valence-corrected chi connectivity index (χ1v) is 4.78. The Balaban J connectivity index is 2.84. The monoisotopic (exact) mass is 216 g/mol. The van der Waals surface area contributed by atoms with Crippen LogP contribution in [0, 0.1) is 11.6 Å². The van der Waals surface area contributed by atoms with E-state index in [1.165, 1.54) is 13.2 Å². The van der Waals surface area contributed by atoms with Crippen LogP contribution in [0.15, 0.2) is 12.1 Å². The third kappa shape index (κ3) is 3.16. The Kier molecular flexibility index (Phi) is 4.49. The smallest absolute Gasteiger partial charge is 0.132 e. The molecule has 0 aliphatic rings. The molecular formula is C11H14F2O2. The summed E-state index contributed by atoms with van der Waals surface area (Å²) in [7, 11) is 1.54. The van der Waals surface area contributed by atoms with E-state index in [2.05, 4.69) is 0 Å². The lowest BCUT2D eigenvalue weighted by Gasteiger charge is -2.10. The van der Waals surface area contributed by atoms with Crippen molar-refractivity contribution in [3.63, 3.8) is 0 Å². The van der Waals surface area contributed by atoms with Crippen LogP contribution in [0.4, 0.5) is 8.78 Å². The Morgan fingerprint density at radius 2 is 1.93 bits per heavy atom. The van der Waals surface area contributed by atoms with E-state index in [0.717, 1.165) is 6.07 Å². The number of rotatable bonds is 5. The van der Waals surface area contributed by atoms with Crippen molar-refractivity contribution >= 4 is 0 Å². The third-order valence-corrected chi connectivity index (χ3v) is 2.02. The number of hydrogen-bond donors (Lipinski definition) is 0. The number of benzene rings is 1. The van der Waals surface area contributed by atoms with Crippen molar-refractivity contribution in [3.05, 3.63) is 29.3 Å². The standard InChI is InChI=1S/C11H14F2O2/c1-3-9-10(13)6-8(12)7-11(9)15-5-4-14-2/h6-7H,3-5H2,1-2H3. The van der Waals surface area contributed by atoms with Gasteiger partial charge in [0.1, 0.15) is 24.0 Å². The Morgan fingerprint density at radius 3 is 2.53 bits per heavy atom. The van der Waals surface area contributed by atoms with E-state index in [4.69, 9.17) is 9.47 Å². The van der Waals surface area contributed by atoms with Crippen molar-refractivity contribution in [3.8, 4) is 5.75 Å². The molecule has 0 heterocycles. The minimum atomic E-state index is -0.628. The quantitative estimate of drug-likeness (QED) is 0.704. The Bertz CT molecular complexity index is 327. The normalized spacial score (nSPS) is 10.4. The van der Waals surface area contributed by atoms with E-state index in [1.54, 1.807) is 6.92 Å². The topological polar surface area (TPSA) is 18.5 Å². The highest BCUT2D eigenvalue weighted by molar-refractivity contribution is 5.35. The maximum Gasteiger partial charge on any atom is 0.132 e. The second-order valence-electron chi connectivity index (χ2n) is 3.06. The summed E-state index contributed by atoms with van der Waals surface area (Å²) in [6, 6.07) is 2.06. The van der Waals surface area contributed by atoms with E-state index in [-0.39, 0.29) is 12.4 Å². The minimum Gasteiger partial charge on any atom is -0.491 e. The highest BCUT2D eigenvalue weighted by atomic mass is 19.1. The van der Waals surface area contributed by atoms with Gasteiger partial charge in [-0.1, -0.05) is 6.92 Å². The maximum atomic E-state index is 13.3. The summed E-state index contributed by atoms with van der Waals surface area (Å²) in [5.74, 6) is -0.936. The fourth-order valence-corrected chi connectivity index (χ4v) is 1.29. The van der Waals surface area contributed by atoms with Crippen molar-refractivity contribution in [1.29, 1.82) is 0 Å². The molecule has 0 bridgehead atoms. The van der Waals surface area contributed by atoms with Crippen LogP contribution in [-0.2, 0) is 11.2 Å². The summed E-state index contributed by atoms with van der Waals surface area (Å²) < 4.78 is 36.2. The number of ether oxygens (including phenoxy) is 2. The molecule has 0 atom stereocenters. The van der Waals surface area contributed by atoms with Gasteiger partial charge in [-0.2, -0.15) is 0 Å². The number of halogens is 2. The third-order valence-electron chi connectivity index (χ3n) is 2.02. The maximum absolute atomic E-state index is 13.3. The molecule has 0 amide bonds. The van der Waals surface area contributed by atoms with Gasteiger partial charge in [-0.05, 0) is 6.42 Å². The molecule has 15 heavy (non-hydrogen) atoms. The summed E-state index contributed by atoms with van der Waals surface area (Å²) in [5, 5.41) is 0. The molecule has 2 nitrogen and oxygen atoms in total. The predicted octanol–water partition coefficient (Wildman–Crippen LogP) is 2.55. The fraction of sp³-hybridized carbons (Fsp3) is 0.455. The molecule has 0 N–H and O–H groups in total. The van der Waals surface area contributed by atoms with Crippen LogP contribution < -0.4 is 4.74 Å². The molecule has 0 aromatic heterocycles. The van der Waals surface area contributed by atoms with Gasteiger partial charge < -0.3 is 9.47 Å². The van der Waals surface area contributed by atoms with E-state index in [9.17, 15) is 8.78 Å². The van der Waals surface area contributed by atoms with Gasteiger partial charge in [0.25, 0.3) is 0 Å². The zero-order chi connectivity index (χ0) is 11.3. The van der Waals surface area contributed by atoms with Gasteiger partial charge in [0.05, 0.1) is 6.61 Å². The second kappa shape index (κ2) is 5.66. The number of hydrogen-bond acceptors (Lipinski definition) is 2. The molecule has 0 fully saturated rings. The molecule has 0 saturated heterocycles. The Hall–Kier alpha value is -1.16. The number of methoxy groups -OCH3 is 1. The first kappa shape index (κ1) is 11.9. The Morgan fingerprint density at radius 1 is 1.20 bits per heavy atom. The van der Waals surface area contributed by atoms with Crippen molar-refractivity contribution in [2.24, 2.45) is 0 Å².